The Morgan fingerprint density at radius 2 is 2.31 bits per heavy atom. The van der Waals surface area contributed by atoms with Crippen molar-refractivity contribution in [2.24, 2.45) is 0 Å². The van der Waals surface area contributed by atoms with Gasteiger partial charge in [-0.3, -0.25) is 0 Å². The van der Waals surface area contributed by atoms with Crippen LogP contribution in [0.4, 0.5) is 0 Å². The highest BCUT2D eigenvalue weighted by Crippen LogP contribution is 2.39. The summed E-state index contributed by atoms with van der Waals surface area (Å²) in [6, 6.07) is 4.59. The van der Waals surface area contributed by atoms with Gasteiger partial charge >= 0.3 is 0 Å². The fraction of sp³-hybridized carbons (Fsp3) is 0.400. The van der Waals surface area contributed by atoms with Crippen molar-refractivity contribution in [3.05, 3.63) is 27.7 Å². The monoisotopic (exact) mass is 241 g/mol. The summed E-state index contributed by atoms with van der Waals surface area (Å²) in [7, 11) is 1.96. The molecule has 1 heterocycles. The lowest BCUT2D eigenvalue weighted by atomic mass is 10.1. The molecule has 0 saturated heterocycles. The number of rotatable bonds is 1. The number of ether oxygens (including phenoxy) is 1. The van der Waals surface area contributed by atoms with Gasteiger partial charge in [-0.1, -0.05) is 6.07 Å². The van der Waals surface area contributed by atoms with E-state index in [1.165, 1.54) is 11.1 Å². The van der Waals surface area contributed by atoms with Crippen LogP contribution in [0.1, 0.15) is 17.2 Å². The van der Waals surface area contributed by atoms with E-state index in [1.54, 1.807) is 0 Å². The number of halogens is 1. The summed E-state index contributed by atoms with van der Waals surface area (Å²) in [6.07, 6.45) is 0. The Morgan fingerprint density at radius 3 is 3.00 bits per heavy atom. The second-order valence-corrected chi connectivity index (χ2v) is 4.17. The van der Waals surface area contributed by atoms with E-state index >= 15 is 0 Å². The van der Waals surface area contributed by atoms with Crippen molar-refractivity contribution < 1.29 is 4.74 Å². The van der Waals surface area contributed by atoms with Crippen molar-refractivity contribution in [3.8, 4) is 5.75 Å². The summed E-state index contributed by atoms with van der Waals surface area (Å²) in [5, 5.41) is 3.23. The molecule has 0 radical (unpaired) electrons. The van der Waals surface area contributed by atoms with Gasteiger partial charge in [0.2, 0.25) is 0 Å². The van der Waals surface area contributed by atoms with Crippen molar-refractivity contribution in [2.75, 3.05) is 13.7 Å². The molecule has 2 nitrogen and oxygen atoms in total. The summed E-state index contributed by atoms with van der Waals surface area (Å²) in [4.78, 5) is 0. The highest BCUT2D eigenvalue weighted by atomic mass is 79.9. The van der Waals surface area contributed by atoms with Gasteiger partial charge in [-0.2, -0.15) is 0 Å². The third-order valence-electron chi connectivity index (χ3n) is 2.33. The van der Waals surface area contributed by atoms with E-state index in [0.717, 1.165) is 16.8 Å². The molecule has 0 fully saturated rings. The topological polar surface area (TPSA) is 21.3 Å². The molecule has 1 aromatic rings. The largest absolute Gasteiger partial charge is 0.490 e. The first-order valence-corrected chi connectivity index (χ1v) is 5.12. The van der Waals surface area contributed by atoms with Gasteiger partial charge in [-0.05, 0) is 41.5 Å². The van der Waals surface area contributed by atoms with Gasteiger partial charge < -0.3 is 10.1 Å². The molecule has 0 amide bonds. The van der Waals surface area contributed by atoms with Gasteiger partial charge in [-0.25, -0.2) is 0 Å². The second-order valence-electron chi connectivity index (χ2n) is 3.32. The van der Waals surface area contributed by atoms with E-state index in [2.05, 4.69) is 40.3 Å². The zero-order valence-electron chi connectivity index (χ0n) is 7.73. The van der Waals surface area contributed by atoms with Gasteiger partial charge in [0.15, 0.2) is 0 Å². The van der Waals surface area contributed by atoms with E-state index in [0.29, 0.717) is 6.04 Å². The van der Waals surface area contributed by atoms with Crippen molar-refractivity contribution in [3.63, 3.8) is 0 Å². The lowest BCUT2D eigenvalue weighted by Crippen LogP contribution is -2.17. The average Bonchev–Trinajstić information content (AvgIpc) is 2.47. The van der Waals surface area contributed by atoms with Crippen LogP contribution in [-0.4, -0.2) is 13.7 Å². The van der Waals surface area contributed by atoms with Crippen molar-refractivity contribution in [1.82, 2.24) is 5.32 Å². The Labute approximate surface area is 86.4 Å². The Balaban J connectivity index is 2.51. The minimum Gasteiger partial charge on any atom is -0.490 e. The van der Waals surface area contributed by atoms with Crippen LogP contribution >= 0.6 is 15.9 Å². The SMILES string of the molecule is CNC1COc2c(Br)cc(C)cc21. The number of nitrogens with one attached hydrogen (secondary N) is 1. The second kappa shape index (κ2) is 3.31. The lowest BCUT2D eigenvalue weighted by molar-refractivity contribution is 0.317. The van der Waals surface area contributed by atoms with Gasteiger partial charge in [0.25, 0.3) is 0 Å². The first-order valence-electron chi connectivity index (χ1n) is 4.32. The van der Waals surface area contributed by atoms with Crippen LogP contribution in [0, 0.1) is 6.92 Å². The quantitative estimate of drug-likeness (QED) is 0.816. The van der Waals surface area contributed by atoms with Crippen LogP contribution in [-0.2, 0) is 0 Å². The minimum absolute atomic E-state index is 0.339. The summed E-state index contributed by atoms with van der Waals surface area (Å²) in [5.74, 6) is 0.991. The van der Waals surface area contributed by atoms with E-state index in [1.807, 2.05) is 7.05 Å². The summed E-state index contributed by atoms with van der Waals surface area (Å²) in [5.41, 5.74) is 2.52. The van der Waals surface area contributed by atoms with E-state index in [-0.39, 0.29) is 0 Å². The number of hydrogen-bond acceptors (Lipinski definition) is 2. The van der Waals surface area contributed by atoms with Gasteiger partial charge in [-0.15, -0.1) is 0 Å². The first kappa shape index (κ1) is 9.03. The number of aryl methyl sites for hydroxylation is 1. The first-order chi connectivity index (χ1) is 6.22. The smallest absolute Gasteiger partial charge is 0.138 e. The van der Waals surface area contributed by atoms with Crippen LogP contribution in [0.3, 0.4) is 0 Å². The van der Waals surface area contributed by atoms with Crippen LogP contribution in [0.15, 0.2) is 16.6 Å². The zero-order chi connectivity index (χ0) is 9.42. The molecule has 1 atom stereocenters. The Hall–Kier alpha value is -0.540. The van der Waals surface area contributed by atoms with Crippen molar-refractivity contribution in [1.29, 1.82) is 0 Å². The van der Waals surface area contributed by atoms with E-state index in [9.17, 15) is 0 Å². The lowest BCUT2D eigenvalue weighted by Gasteiger charge is -2.07. The van der Waals surface area contributed by atoms with E-state index in [4.69, 9.17) is 4.74 Å². The standard InChI is InChI=1S/C10H12BrNO/c1-6-3-7-9(12-2)5-13-10(7)8(11)4-6/h3-4,9,12H,5H2,1-2H3. The molecule has 0 saturated carbocycles. The van der Waals surface area contributed by atoms with E-state index < -0.39 is 0 Å². The maximum atomic E-state index is 5.58. The summed E-state index contributed by atoms with van der Waals surface area (Å²) in [6.45, 7) is 2.82. The number of fused-ring (bicyclic) bond motifs is 1. The fourth-order valence-corrected chi connectivity index (χ4v) is 2.37. The molecule has 1 unspecified atom stereocenters. The summed E-state index contributed by atoms with van der Waals surface area (Å²) >= 11 is 3.50. The molecule has 1 aliphatic rings. The van der Waals surface area contributed by atoms with Crippen LogP contribution in [0.2, 0.25) is 0 Å². The van der Waals surface area contributed by atoms with Gasteiger partial charge in [0, 0.05) is 5.56 Å². The number of benzene rings is 1. The average molecular weight is 242 g/mol. The molecular weight excluding hydrogens is 230 g/mol. The fourth-order valence-electron chi connectivity index (χ4n) is 1.66. The van der Waals surface area contributed by atoms with Crippen molar-refractivity contribution in [2.45, 2.75) is 13.0 Å². The minimum atomic E-state index is 0.339. The Bertz CT molecular complexity index is 338. The molecular formula is C10H12BrNO. The third-order valence-corrected chi connectivity index (χ3v) is 2.92. The normalized spacial score (nSPS) is 19.8. The van der Waals surface area contributed by atoms with Crippen molar-refractivity contribution >= 4 is 15.9 Å². The maximum Gasteiger partial charge on any atom is 0.138 e. The highest BCUT2D eigenvalue weighted by molar-refractivity contribution is 9.10. The molecule has 1 N–H and O–H groups in total. The molecule has 0 spiro atoms. The predicted molar refractivity (Wildman–Crippen MR) is 56.2 cm³/mol. The third kappa shape index (κ3) is 1.46. The summed E-state index contributed by atoms with van der Waals surface area (Å²) < 4.78 is 6.63. The van der Waals surface area contributed by atoms with Crippen LogP contribution < -0.4 is 10.1 Å². The molecule has 0 aliphatic carbocycles. The van der Waals surface area contributed by atoms with Gasteiger partial charge in [0.05, 0.1) is 10.5 Å². The molecule has 2 rings (SSSR count). The molecule has 70 valence electrons. The van der Waals surface area contributed by atoms with Crippen LogP contribution in [0.5, 0.6) is 5.75 Å². The molecule has 3 heteroatoms. The Kier molecular flexibility index (Phi) is 2.30. The molecule has 1 aliphatic heterocycles. The van der Waals surface area contributed by atoms with Gasteiger partial charge in [0.1, 0.15) is 12.4 Å². The molecule has 1 aromatic carbocycles. The highest BCUT2D eigenvalue weighted by Gasteiger charge is 2.24. The predicted octanol–water partition coefficient (Wildman–Crippen LogP) is 2.41. The number of hydrogen-bond donors (Lipinski definition) is 1. The molecule has 0 bridgehead atoms. The molecule has 13 heavy (non-hydrogen) atoms. The maximum absolute atomic E-state index is 5.58. The zero-order valence-corrected chi connectivity index (χ0v) is 9.31. The number of likely N-dealkylation sites (N-methyl/N-ethyl adjacent to an activating group) is 1. The molecule has 0 aromatic heterocycles. The Morgan fingerprint density at radius 1 is 1.54 bits per heavy atom. The van der Waals surface area contributed by atoms with Crippen LogP contribution in [0.25, 0.3) is 0 Å².